The van der Waals surface area contributed by atoms with E-state index in [2.05, 4.69) is 24.1 Å². The lowest BCUT2D eigenvalue weighted by Crippen LogP contribution is -2.56. The van der Waals surface area contributed by atoms with E-state index in [0.717, 1.165) is 30.8 Å². The predicted molar refractivity (Wildman–Crippen MR) is 78.4 cm³/mol. The fourth-order valence-corrected chi connectivity index (χ4v) is 4.40. The second-order valence-electron chi connectivity index (χ2n) is 6.70. The van der Waals surface area contributed by atoms with Crippen molar-refractivity contribution in [3.05, 3.63) is 0 Å². The monoisotopic (exact) mass is 266 g/mol. The molecule has 0 amide bonds. The van der Waals surface area contributed by atoms with Crippen molar-refractivity contribution < 1.29 is 4.74 Å². The van der Waals surface area contributed by atoms with Crippen LogP contribution in [0.15, 0.2) is 0 Å². The van der Waals surface area contributed by atoms with Crippen LogP contribution >= 0.6 is 0 Å². The summed E-state index contributed by atoms with van der Waals surface area (Å²) in [4.78, 5) is 2.84. The van der Waals surface area contributed by atoms with Gasteiger partial charge in [0, 0.05) is 30.8 Å². The Morgan fingerprint density at radius 2 is 1.63 bits per heavy atom. The average Bonchev–Trinajstić information content (AvgIpc) is 2.70. The number of ether oxygens (including phenoxy) is 1. The molecule has 2 atom stereocenters. The number of fused-ring (bicyclic) bond motifs is 2. The Morgan fingerprint density at radius 1 is 1.00 bits per heavy atom. The van der Waals surface area contributed by atoms with Crippen molar-refractivity contribution in [3.8, 4) is 0 Å². The highest BCUT2D eigenvalue weighted by molar-refractivity contribution is 4.99. The quantitative estimate of drug-likeness (QED) is 0.799. The highest BCUT2D eigenvalue weighted by atomic mass is 16.5. The van der Waals surface area contributed by atoms with Gasteiger partial charge in [-0.15, -0.1) is 0 Å². The highest BCUT2D eigenvalue weighted by Crippen LogP contribution is 2.36. The van der Waals surface area contributed by atoms with E-state index in [4.69, 9.17) is 4.74 Å². The van der Waals surface area contributed by atoms with Crippen molar-refractivity contribution >= 4 is 0 Å². The zero-order valence-corrected chi connectivity index (χ0v) is 12.6. The van der Waals surface area contributed by atoms with E-state index in [1.165, 1.54) is 51.5 Å². The Bertz CT molecular complexity index is 278. The summed E-state index contributed by atoms with van der Waals surface area (Å²) in [6.45, 7) is 6.60. The van der Waals surface area contributed by atoms with Crippen molar-refractivity contribution in [2.24, 2.45) is 0 Å². The van der Waals surface area contributed by atoms with Crippen molar-refractivity contribution in [2.45, 2.75) is 89.1 Å². The number of rotatable bonds is 6. The first-order chi connectivity index (χ1) is 9.30. The van der Waals surface area contributed by atoms with Crippen molar-refractivity contribution in [1.82, 2.24) is 10.2 Å². The zero-order valence-electron chi connectivity index (χ0n) is 12.6. The molecular weight excluding hydrogens is 236 g/mol. The molecule has 0 aromatic carbocycles. The zero-order chi connectivity index (χ0) is 13.2. The van der Waals surface area contributed by atoms with E-state index >= 15 is 0 Å². The molecule has 0 radical (unpaired) electrons. The van der Waals surface area contributed by atoms with Gasteiger partial charge in [0.2, 0.25) is 0 Å². The van der Waals surface area contributed by atoms with Gasteiger partial charge in [0.1, 0.15) is 0 Å². The molecule has 2 bridgehead atoms. The lowest BCUT2D eigenvalue weighted by atomic mass is 9.84. The Balaban J connectivity index is 1.55. The first-order valence-corrected chi connectivity index (χ1v) is 8.43. The first-order valence-electron chi connectivity index (χ1n) is 8.43. The molecule has 1 aliphatic carbocycles. The largest absolute Gasteiger partial charge is 0.378 e. The number of nitrogens with one attached hydrogen (secondary N) is 1. The van der Waals surface area contributed by atoms with Crippen LogP contribution in [0.4, 0.5) is 0 Å². The fourth-order valence-electron chi connectivity index (χ4n) is 4.40. The van der Waals surface area contributed by atoms with E-state index in [0.29, 0.717) is 6.10 Å². The molecular formula is C16H30N2O. The second kappa shape index (κ2) is 6.11. The summed E-state index contributed by atoms with van der Waals surface area (Å²) in [6, 6.07) is 3.27. The summed E-state index contributed by atoms with van der Waals surface area (Å²) in [7, 11) is 0. The third kappa shape index (κ3) is 2.98. The topological polar surface area (TPSA) is 24.5 Å². The van der Waals surface area contributed by atoms with E-state index in [9.17, 15) is 0 Å². The normalized spacial score (nSPS) is 41.5. The summed E-state index contributed by atoms with van der Waals surface area (Å²) >= 11 is 0. The molecule has 3 aliphatic rings. The minimum absolute atomic E-state index is 0.549. The summed E-state index contributed by atoms with van der Waals surface area (Å²) < 4.78 is 5.74. The molecule has 0 spiro atoms. The molecule has 2 unspecified atom stereocenters. The first kappa shape index (κ1) is 13.8. The minimum Gasteiger partial charge on any atom is -0.378 e. The summed E-state index contributed by atoms with van der Waals surface area (Å²) in [5.74, 6) is 0. The molecule has 0 aromatic heterocycles. The van der Waals surface area contributed by atoms with Crippen LogP contribution < -0.4 is 5.32 Å². The van der Waals surface area contributed by atoms with Crippen molar-refractivity contribution in [2.75, 3.05) is 13.2 Å². The Morgan fingerprint density at radius 3 is 2.21 bits per heavy atom. The summed E-state index contributed by atoms with van der Waals surface area (Å²) in [5, 5.41) is 3.77. The maximum Gasteiger partial charge on any atom is 0.0604 e. The van der Waals surface area contributed by atoms with Gasteiger partial charge in [-0.25, -0.2) is 0 Å². The third-order valence-electron chi connectivity index (χ3n) is 5.34. The van der Waals surface area contributed by atoms with Crippen LogP contribution in [-0.2, 0) is 4.74 Å². The molecule has 3 nitrogen and oxygen atoms in total. The SMILES string of the molecule is CCCN(C1CC2CCC(C1)N2)C1CC(OCC)C1. The van der Waals surface area contributed by atoms with Crippen LogP contribution in [0, 0.1) is 0 Å². The van der Waals surface area contributed by atoms with Gasteiger partial charge in [0.05, 0.1) is 6.10 Å². The van der Waals surface area contributed by atoms with Gasteiger partial charge in [0.15, 0.2) is 0 Å². The van der Waals surface area contributed by atoms with Crippen LogP contribution in [0.3, 0.4) is 0 Å². The van der Waals surface area contributed by atoms with Crippen LogP contribution in [0.2, 0.25) is 0 Å². The Labute approximate surface area is 118 Å². The molecule has 3 fully saturated rings. The molecule has 110 valence electrons. The molecule has 2 aliphatic heterocycles. The summed E-state index contributed by atoms with van der Waals surface area (Å²) in [6.07, 6.45) is 9.96. The van der Waals surface area contributed by atoms with Gasteiger partial charge in [-0.2, -0.15) is 0 Å². The minimum atomic E-state index is 0.549. The lowest BCUT2D eigenvalue weighted by Gasteiger charge is -2.48. The van der Waals surface area contributed by atoms with E-state index in [1.54, 1.807) is 0 Å². The van der Waals surface area contributed by atoms with Gasteiger partial charge >= 0.3 is 0 Å². The van der Waals surface area contributed by atoms with E-state index in [1.807, 2.05) is 0 Å². The average molecular weight is 266 g/mol. The number of nitrogens with zero attached hydrogens (tertiary/aromatic N) is 1. The van der Waals surface area contributed by atoms with Gasteiger partial charge in [-0.1, -0.05) is 6.92 Å². The molecule has 19 heavy (non-hydrogen) atoms. The van der Waals surface area contributed by atoms with Gasteiger partial charge in [0.25, 0.3) is 0 Å². The number of piperidine rings is 1. The van der Waals surface area contributed by atoms with Gasteiger partial charge in [-0.3, -0.25) is 4.90 Å². The molecule has 2 heterocycles. The lowest BCUT2D eigenvalue weighted by molar-refractivity contribution is -0.0626. The van der Waals surface area contributed by atoms with E-state index in [-0.39, 0.29) is 0 Å². The third-order valence-corrected chi connectivity index (χ3v) is 5.34. The fraction of sp³-hybridized carbons (Fsp3) is 1.00. The molecule has 2 saturated heterocycles. The van der Waals surface area contributed by atoms with Crippen molar-refractivity contribution in [3.63, 3.8) is 0 Å². The van der Waals surface area contributed by atoms with Gasteiger partial charge in [-0.05, 0) is 58.4 Å². The number of hydrogen-bond donors (Lipinski definition) is 1. The number of hydrogen-bond acceptors (Lipinski definition) is 3. The molecule has 0 aromatic rings. The maximum atomic E-state index is 5.74. The molecule has 1 saturated carbocycles. The second-order valence-corrected chi connectivity index (χ2v) is 6.70. The van der Waals surface area contributed by atoms with Crippen LogP contribution in [-0.4, -0.2) is 48.3 Å². The van der Waals surface area contributed by atoms with E-state index < -0.39 is 0 Å². The van der Waals surface area contributed by atoms with Gasteiger partial charge < -0.3 is 10.1 Å². The van der Waals surface area contributed by atoms with Crippen LogP contribution in [0.5, 0.6) is 0 Å². The predicted octanol–water partition coefficient (Wildman–Crippen LogP) is 2.55. The molecule has 3 rings (SSSR count). The Kier molecular flexibility index (Phi) is 4.45. The highest BCUT2D eigenvalue weighted by Gasteiger charge is 2.41. The van der Waals surface area contributed by atoms with Crippen LogP contribution in [0.25, 0.3) is 0 Å². The Hall–Kier alpha value is -0.120. The smallest absolute Gasteiger partial charge is 0.0604 e. The standard InChI is InChI=1S/C16H30N2O/c1-3-7-18(15-10-16(11-15)19-4-2)14-8-12-5-6-13(9-14)17-12/h12-17H,3-11H2,1-2H3. The van der Waals surface area contributed by atoms with Crippen molar-refractivity contribution in [1.29, 1.82) is 0 Å². The van der Waals surface area contributed by atoms with Crippen LogP contribution in [0.1, 0.15) is 58.8 Å². The summed E-state index contributed by atoms with van der Waals surface area (Å²) in [5.41, 5.74) is 0. The maximum absolute atomic E-state index is 5.74. The molecule has 1 N–H and O–H groups in total. The molecule has 3 heteroatoms.